The molecule has 1 heterocycles. The maximum absolute atomic E-state index is 12.2. The van der Waals surface area contributed by atoms with Crippen LogP contribution in [-0.2, 0) is 27.2 Å². The minimum absolute atomic E-state index is 0.0782. The molecule has 1 aromatic heterocycles. The summed E-state index contributed by atoms with van der Waals surface area (Å²) in [5.74, 6) is 1.11. The number of nitrogens with one attached hydrogen (secondary N) is 4. The number of ether oxygens (including phenoxy) is 2. The van der Waals surface area contributed by atoms with E-state index < -0.39 is 0 Å². The molecule has 3 rings (SSSR count). The van der Waals surface area contributed by atoms with Crippen molar-refractivity contribution in [3.8, 4) is 0 Å². The Kier molecular flexibility index (Phi) is 12.9. The van der Waals surface area contributed by atoms with Crippen molar-refractivity contribution < 1.29 is 14.3 Å². The van der Waals surface area contributed by atoms with E-state index in [9.17, 15) is 4.79 Å². The van der Waals surface area contributed by atoms with E-state index in [-0.39, 0.29) is 12.3 Å². The molecule has 0 aliphatic carbocycles. The maximum atomic E-state index is 12.2. The molecular weight excluding hydrogens is 520 g/mol. The zero-order valence-electron chi connectivity index (χ0n) is 21.8. The van der Waals surface area contributed by atoms with Gasteiger partial charge in [0.05, 0.1) is 32.8 Å². The van der Waals surface area contributed by atoms with Crippen LogP contribution in [0.2, 0.25) is 5.02 Å². The molecule has 0 atom stereocenters. The molecule has 208 valence electrons. The van der Waals surface area contributed by atoms with Crippen molar-refractivity contribution >= 4 is 41.0 Å². The average molecular weight is 555 g/mol. The zero-order valence-corrected chi connectivity index (χ0v) is 22.5. The van der Waals surface area contributed by atoms with Gasteiger partial charge in [0.25, 0.3) is 0 Å². The first-order chi connectivity index (χ1) is 19.1. The Labute approximate surface area is 233 Å². The summed E-state index contributed by atoms with van der Waals surface area (Å²) in [5, 5.41) is 13.0. The summed E-state index contributed by atoms with van der Waals surface area (Å²) >= 11 is 5.97. The van der Waals surface area contributed by atoms with Crippen LogP contribution in [-0.4, -0.2) is 66.9 Å². The number of amides is 1. The molecule has 0 unspecified atom stereocenters. The number of hydrogen-bond acceptors (Lipinski definition) is 10. The summed E-state index contributed by atoms with van der Waals surface area (Å²) in [6.45, 7) is 7.57. The van der Waals surface area contributed by atoms with Crippen LogP contribution in [0.4, 0.5) is 23.5 Å². The zero-order chi connectivity index (χ0) is 27.7. The van der Waals surface area contributed by atoms with E-state index in [0.717, 1.165) is 16.8 Å². The first kappa shape index (κ1) is 29.8. The van der Waals surface area contributed by atoms with Crippen molar-refractivity contribution in [1.29, 1.82) is 0 Å². The summed E-state index contributed by atoms with van der Waals surface area (Å²) in [6.07, 6.45) is 1.99. The Morgan fingerprint density at radius 3 is 2.21 bits per heavy atom. The van der Waals surface area contributed by atoms with Gasteiger partial charge in [0.2, 0.25) is 23.8 Å². The molecule has 1 amide bonds. The number of anilines is 4. The molecular formula is C27H35ClN8O3. The van der Waals surface area contributed by atoms with Crippen molar-refractivity contribution in [3.63, 3.8) is 0 Å². The van der Waals surface area contributed by atoms with Crippen LogP contribution in [0.1, 0.15) is 11.1 Å². The Morgan fingerprint density at radius 2 is 1.51 bits per heavy atom. The second kappa shape index (κ2) is 16.9. The number of rotatable bonds is 18. The third kappa shape index (κ3) is 11.7. The third-order valence-electron chi connectivity index (χ3n) is 5.18. The van der Waals surface area contributed by atoms with Crippen LogP contribution in [0.5, 0.6) is 0 Å². The number of carbonyl (C=O) groups is 1. The van der Waals surface area contributed by atoms with E-state index in [1.54, 1.807) is 6.08 Å². The highest BCUT2D eigenvalue weighted by molar-refractivity contribution is 6.30. The molecule has 0 radical (unpaired) electrons. The molecule has 0 saturated carbocycles. The van der Waals surface area contributed by atoms with E-state index in [1.165, 1.54) is 0 Å². The Bertz CT molecular complexity index is 1160. The molecule has 2 aromatic carbocycles. The van der Waals surface area contributed by atoms with Crippen molar-refractivity contribution in [2.24, 2.45) is 5.73 Å². The van der Waals surface area contributed by atoms with Gasteiger partial charge in [-0.05, 0) is 35.4 Å². The van der Waals surface area contributed by atoms with Gasteiger partial charge in [-0.25, -0.2) is 0 Å². The third-order valence-corrected chi connectivity index (χ3v) is 5.43. The van der Waals surface area contributed by atoms with Crippen LogP contribution < -0.4 is 27.0 Å². The standard InChI is InChI=1S/C27H35ClN8O3/c1-2-12-31-25-34-26(32-19-21-3-7-22(28)8-4-21)36-27(35-25)33-23-9-5-20(6-10-23)18-24(37)30-13-15-39-17-16-38-14-11-29/h2-10H,1,11-19,29H2,(H,30,37)(H3,31,32,33,34,35,36). The van der Waals surface area contributed by atoms with Gasteiger partial charge < -0.3 is 36.5 Å². The first-order valence-electron chi connectivity index (χ1n) is 12.6. The van der Waals surface area contributed by atoms with Crippen LogP contribution in [0.3, 0.4) is 0 Å². The molecule has 11 nitrogen and oxygen atoms in total. The molecule has 6 N–H and O–H groups in total. The fourth-order valence-electron chi connectivity index (χ4n) is 3.29. The van der Waals surface area contributed by atoms with Crippen molar-refractivity contribution in [1.82, 2.24) is 20.3 Å². The van der Waals surface area contributed by atoms with Crippen molar-refractivity contribution in [3.05, 3.63) is 77.3 Å². The predicted molar refractivity (Wildman–Crippen MR) is 154 cm³/mol. The lowest BCUT2D eigenvalue weighted by Gasteiger charge is -2.11. The SMILES string of the molecule is C=CCNc1nc(NCc2ccc(Cl)cc2)nc(Nc2ccc(CC(=O)NCCOCCOCCN)cc2)n1. The summed E-state index contributed by atoms with van der Waals surface area (Å²) in [5.41, 5.74) is 8.04. The van der Waals surface area contributed by atoms with E-state index in [0.29, 0.717) is 75.5 Å². The van der Waals surface area contributed by atoms with Gasteiger partial charge in [-0.3, -0.25) is 4.79 Å². The van der Waals surface area contributed by atoms with Gasteiger partial charge >= 0.3 is 0 Å². The summed E-state index contributed by atoms with van der Waals surface area (Å²) < 4.78 is 10.6. The minimum atomic E-state index is -0.0782. The molecule has 0 saturated heterocycles. The van der Waals surface area contributed by atoms with Crippen LogP contribution in [0.15, 0.2) is 61.2 Å². The number of hydrogen-bond donors (Lipinski definition) is 5. The molecule has 0 spiro atoms. The van der Waals surface area contributed by atoms with Crippen LogP contribution in [0, 0.1) is 0 Å². The maximum Gasteiger partial charge on any atom is 0.233 e. The Hall–Kier alpha value is -3.77. The van der Waals surface area contributed by atoms with Gasteiger partial charge in [0.15, 0.2) is 0 Å². The molecule has 0 aliphatic heterocycles. The molecule has 0 aliphatic rings. The molecule has 3 aromatic rings. The number of benzene rings is 2. The van der Waals surface area contributed by atoms with E-state index in [2.05, 4.69) is 42.8 Å². The van der Waals surface area contributed by atoms with E-state index in [1.807, 2.05) is 48.5 Å². The summed E-state index contributed by atoms with van der Waals surface area (Å²) in [6, 6.07) is 15.0. The highest BCUT2D eigenvalue weighted by atomic mass is 35.5. The van der Waals surface area contributed by atoms with Gasteiger partial charge in [-0.2, -0.15) is 15.0 Å². The first-order valence-corrected chi connectivity index (χ1v) is 13.0. The van der Waals surface area contributed by atoms with Gasteiger partial charge in [0.1, 0.15) is 0 Å². The second-order valence-corrected chi connectivity index (χ2v) is 8.75. The molecule has 0 bridgehead atoms. The van der Waals surface area contributed by atoms with E-state index in [4.69, 9.17) is 26.8 Å². The highest BCUT2D eigenvalue weighted by Gasteiger charge is 2.08. The van der Waals surface area contributed by atoms with Gasteiger partial charge in [0, 0.05) is 36.9 Å². The largest absolute Gasteiger partial charge is 0.378 e. The van der Waals surface area contributed by atoms with E-state index >= 15 is 0 Å². The summed E-state index contributed by atoms with van der Waals surface area (Å²) in [7, 11) is 0. The number of carbonyl (C=O) groups excluding carboxylic acids is 1. The number of nitrogens with zero attached hydrogens (tertiary/aromatic N) is 3. The summed E-state index contributed by atoms with van der Waals surface area (Å²) in [4.78, 5) is 25.6. The monoisotopic (exact) mass is 554 g/mol. The topological polar surface area (TPSA) is 148 Å². The Morgan fingerprint density at radius 1 is 0.872 bits per heavy atom. The van der Waals surface area contributed by atoms with Crippen molar-refractivity contribution in [2.45, 2.75) is 13.0 Å². The fraction of sp³-hybridized carbons (Fsp3) is 0.333. The fourth-order valence-corrected chi connectivity index (χ4v) is 3.41. The minimum Gasteiger partial charge on any atom is -0.378 e. The van der Waals surface area contributed by atoms with Crippen LogP contribution in [0.25, 0.3) is 0 Å². The number of nitrogens with two attached hydrogens (primary N) is 1. The van der Waals surface area contributed by atoms with Crippen molar-refractivity contribution in [2.75, 3.05) is 62.0 Å². The number of aromatic nitrogens is 3. The highest BCUT2D eigenvalue weighted by Crippen LogP contribution is 2.18. The van der Waals surface area contributed by atoms with Crippen LogP contribution >= 0.6 is 11.6 Å². The normalized spacial score (nSPS) is 10.6. The molecule has 12 heteroatoms. The lowest BCUT2D eigenvalue weighted by molar-refractivity contribution is -0.120. The van der Waals surface area contributed by atoms with Gasteiger partial charge in [-0.1, -0.05) is 41.9 Å². The molecule has 39 heavy (non-hydrogen) atoms. The lowest BCUT2D eigenvalue weighted by atomic mass is 10.1. The van der Waals surface area contributed by atoms with Gasteiger partial charge in [-0.15, -0.1) is 6.58 Å². The average Bonchev–Trinajstić information content (AvgIpc) is 2.94. The number of halogens is 1. The smallest absolute Gasteiger partial charge is 0.233 e. The molecule has 0 fully saturated rings. The second-order valence-electron chi connectivity index (χ2n) is 8.32. The Balaban J connectivity index is 1.50. The quantitative estimate of drug-likeness (QED) is 0.117. The predicted octanol–water partition coefficient (Wildman–Crippen LogP) is 3.13. The lowest BCUT2D eigenvalue weighted by Crippen LogP contribution is -2.29.